The first-order chi connectivity index (χ1) is 10.4. The van der Waals surface area contributed by atoms with Gasteiger partial charge in [-0.25, -0.2) is 21.9 Å². The highest BCUT2D eigenvalue weighted by atomic mass is 32.2. The maximum atomic E-state index is 13.8. The number of hydrogen-bond acceptors (Lipinski definition) is 4. The van der Waals surface area contributed by atoms with Crippen LogP contribution in [0.2, 0.25) is 0 Å². The number of sulfonamides is 1. The molecule has 1 aromatic carbocycles. The van der Waals surface area contributed by atoms with Gasteiger partial charge in [-0.05, 0) is 43.7 Å². The van der Waals surface area contributed by atoms with Crippen LogP contribution in [0.15, 0.2) is 17.0 Å². The molecule has 5 nitrogen and oxygen atoms in total. The second kappa shape index (κ2) is 6.69. The van der Waals surface area contributed by atoms with Crippen molar-refractivity contribution < 1.29 is 22.3 Å². The van der Waals surface area contributed by atoms with Gasteiger partial charge < -0.3 is 5.11 Å². The Kier molecular flexibility index (Phi) is 5.11. The molecule has 2 rings (SSSR count). The quantitative estimate of drug-likeness (QED) is 0.878. The Balaban J connectivity index is 2.20. The topological polar surface area (TPSA) is 90.2 Å². The zero-order valence-electron chi connectivity index (χ0n) is 11.7. The monoisotopic (exact) mass is 330 g/mol. The molecule has 0 bridgehead atoms. The van der Waals surface area contributed by atoms with Crippen molar-refractivity contribution in [3.63, 3.8) is 0 Å². The van der Waals surface area contributed by atoms with Crippen LogP contribution in [0, 0.1) is 28.9 Å². The molecule has 0 unspecified atom stereocenters. The van der Waals surface area contributed by atoms with Crippen molar-refractivity contribution in [2.45, 2.75) is 36.6 Å². The van der Waals surface area contributed by atoms with E-state index in [-0.39, 0.29) is 18.1 Å². The molecule has 1 aliphatic carbocycles. The molecule has 0 spiro atoms. The lowest BCUT2D eigenvalue weighted by Gasteiger charge is -2.27. The molecule has 0 aromatic heterocycles. The molecule has 0 radical (unpaired) electrons. The smallest absolute Gasteiger partial charge is 0.246 e. The van der Waals surface area contributed by atoms with Crippen molar-refractivity contribution in [3.05, 3.63) is 29.3 Å². The van der Waals surface area contributed by atoms with Gasteiger partial charge in [-0.3, -0.25) is 0 Å². The number of aliphatic hydroxyl groups excluding tert-OH is 1. The molecule has 22 heavy (non-hydrogen) atoms. The van der Waals surface area contributed by atoms with Gasteiger partial charge in [0, 0.05) is 12.6 Å². The summed E-state index contributed by atoms with van der Waals surface area (Å²) in [7, 11) is -4.34. The van der Waals surface area contributed by atoms with Crippen LogP contribution in [-0.2, 0) is 10.0 Å². The van der Waals surface area contributed by atoms with Crippen LogP contribution in [0.5, 0.6) is 0 Å². The first kappa shape index (κ1) is 16.8. The fourth-order valence-electron chi connectivity index (χ4n) is 2.62. The van der Waals surface area contributed by atoms with Crippen molar-refractivity contribution in [2.24, 2.45) is 5.92 Å². The fraction of sp³-hybridized carbons (Fsp3) is 0.500. The third-order valence-electron chi connectivity index (χ3n) is 3.82. The molecule has 1 saturated carbocycles. The van der Waals surface area contributed by atoms with E-state index >= 15 is 0 Å². The number of nitrogens with zero attached hydrogens (tertiary/aromatic N) is 1. The predicted octanol–water partition coefficient (Wildman–Crippen LogP) is 1.67. The van der Waals surface area contributed by atoms with Crippen molar-refractivity contribution in [2.75, 3.05) is 6.61 Å². The van der Waals surface area contributed by atoms with Gasteiger partial charge in [0.15, 0.2) is 4.90 Å². The maximum absolute atomic E-state index is 13.8. The molecule has 120 valence electrons. The second-order valence-electron chi connectivity index (χ2n) is 5.40. The van der Waals surface area contributed by atoms with Gasteiger partial charge in [0.05, 0.1) is 11.6 Å². The average molecular weight is 330 g/mol. The second-order valence-corrected chi connectivity index (χ2v) is 7.05. The summed E-state index contributed by atoms with van der Waals surface area (Å²) in [5, 5.41) is 17.7. The van der Waals surface area contributed by atoms with Crippen LogP contribution in [0.4, 0.5) is 8.78 Å². The van der Waals surface area contributed by atoms with E-state index in [0.717, 1.165) is 0 Å². The van der Waals surface area contributed by atoms with Crippen LogP contribution < -0.4 is 4.72 Å². The third kappa shape index (κ3) is 3.61. The standard InChI is InChI=1S/C14H16F2N2O3S/c15-12-5-10(7-17)6-13(16)14(12)22(20,21)18-11-3-1-9(8-19)2-4-11/h5-6,9,11,18-19H,1-4,8H2. The number of aliphatic hydroxyl groups is 1. The molecular formula is C14H16F2N2O3S. The number of nitriles is 1. The molecule has 1 aromatic rings. The first-order valence-corrected chi connectivity index (χ1v) is 8.38. The van der Waals surface area contributed by atoms with Gasteiger partial charge >= 0.3 is 0 Å². The Hall–Kier alpha value is -1.56. The van der Waals surface area contributed by atoms with E-state index in [4.69, 9.17) is 10.4 Å². The molecule has 1 aliphatic rings. The zero-order chi connectivity index (χ0) is 16.3. The van der Waals surface area contributed by atoms with Crippen molar-refractivity contribution >= 4 is 10.0 Å². The molecule has 0 aliphatic heterocycles. The van der Waals surface area contributed by atoms with E-state index in [9.17, 15) is 17.2 Å². The molecule has 8 heteroatoms. The van der Waals surface area contributed by atoms with E-state index in [2.05, 4.69) is 4.72 Å². The molecule has 0 amide bonds. The van der Waals surface area contributed by atoms with Gasteiger partial charge in [0.25, 0.3) is 0 Å². The van der Waals surface area contributed by atoms with Gasteiger partial charge in [-0.2, -0.15) is 5.26 Å². The normalized spacial score (nSPS) is 22.3. The van der Waals surface area contributed by atoms with E-state index < -0.39 is 32.6 Å². The van der Waals surface area contributed by atoms with E-state index in [0.29, 0.717) is 37.8 Å². The van der Waals surface area contributed by atoms with Crippen LogP contribution in [0.1, 0.15) is 31.2 Å². The minimum Gasteiger partial charge on any atom is -0.396 e. The third-order valence-corrected chi connectivity index (χ3v) is 5.39. The molecule has 1 fully saturated rings. The lowest BCUT2D eigenvalue weighted by molar-refractivity contribution is 0.180. The number of benzene rings is 1. The first-order valence-electron chi connectivity index (χ1n) is 6.89. The summed E-state index contributed by atoms with van der Waals surface area (Å²) in [6.07, 6.45) is 2.32. The maximum Gasteiger partial charge on any atom is 0.246 e. The van der Waals surface area contributed by atoms with Crippen LogP contribution in [0.25, 0.3) is 0 Å². The Morgan fingerprint density at radius 3 is 2.23 bits per heavy atom. The lowest BCUT2D eigenvalue weighted by Crippen LogP contribution is -2.38. The number of halogens is 2. The lowest BCUT2D eigenvalue weighted by atomic mass is 9.87. The Bertz CT molecular complexity index is 670. The summed E-state index contributed by atoms with van der Waals surface area (Å²) in [6.45, 7) is 0.0539. The zero-order valence-corrected chi connectivity index (χ0v) is 12.5. The summed E-state index contributed by atoms with van der Waals surface area (Å²) < 4.78 is 54.3. The molecule has 0 heterocycles. The van der Waals surface area contributed by atoms with Crippen molar-refractivity contribution in [3.8, 4) is 6.07 Å². The summed E-state index contributed by atoms with van der Waals surface area (Å²) in [6, 6.07) is 2.54. The number of rotatable bonds is 4. The highest BCUT2D eigenvalue weighted by Gasteiger charge is 2.29. The molecule has 0 saturated heterocycles. The van der Waals surface area contributed by atoms with Crippen molar-refractivity contribution in [1.82, 2.24) is 4.72 Å². The Morgan fingerprint density at radius 2 is 1.77 bits per heavy atom. The summed E-state index contributed by atoms with van der Waals surface area (Å²) in [5.74, 6) is -2.43. The summed E-state index contributed by atoms with van der Waals surface area (Å²) in [5.41, 5.74) is -0.280. The number of nitrogens with one attached hydrogen (secondary N) is 1. The predicted molar refractivity (Wildman–Crippen MR) is 74.2 cm³/mol. The highest BCUT2D eigenvalue weighted by molar-refractivity contribution is 7.89. The van der Waals surface area contributed by atoms with Gasteiger partial charge in [-0.15, -0.1) is 0 Å². The van der Waals surface area contributed by atoms with Crippen LogP contribution >= 0.6 is 0 Å². The van der Waals surface area contributed by atoms with E-state index in [1.54, 1.807) is 6.07 Å². The van der Waals surface area contributed by atoms with E-state index in [1.807, 2.05) is 0 Å². The Labute approximate surface area is 127 Å². The fourth-order valence-corrected chi connectivity index (χ4v) is 4.05. The summed E-state index contributed by atoms with van der Waals surface area (Å²) in [4.78, 5) is -1.06. The van der Waals surface area contributed by atoms with Gasteiger partial charge in [0.2, 0.25) is 10.0 Å². The van der Waals surface area contributed by atoms with Crippen LogP contribution in [0.3, 0.4) is 0 Å². The van der Waals surface area contributed by atoms with E-state index in [1.165, 1.54) is 0 Å². The average Bonchev–Trinajstić information content (AvgIpc) is 2.46. The summed E-state index contributed by atoms with van der Waals surface area (Å²) >= 11 is 0. The van der Waals surface area contributed by atoms with Gasteiger partial charge in [-0.1, -0.05) is 0 Å². The minimum atomic E-state index is -4.34. The SMILES string of the molecule is N#Cc1cc(F)c(S(=O)(=O)NC2CCC(CO)CC2)c(F)c1. The number of hydrogen-bond donors (Lipinski definition) is 2. The highest BCUT2D eigenvalue weighted by Crippen LogP contribution is 2.26. The molecule has 2 N–H and O–H groups in total. The molecular weight excluding hydrogens is 314 g/mol. The van der Waals surface area contributed by atoms with Crippen LogP contribution in [-0.4, -0.2) is 26.2 Å². The minimum absolute atomic E-state index is 0.0539. The Morgan fingerprint density at radius 1 is 1.23 bits per heavy atom. The molecule has 0 atom stereocenters. The van der Waals surface area contributed by atoms with Crippen molar-refractivity contribution in [1.29, 1.82) is 5.26 Å². The van der Waals surface area contributed by atoms with Gasteiger partial charge in [0.1, 0.15) is 11.6 Å². The largest absolute Gasteiger partial charge is 0.396 e.